The Morgan fingerprint density at radius 1 is 1.06 bits per heavy atom. The number of esters is 1. The monoisotopic (exact) mass is 243 g/mol. The van der Waals surface area contributed by atoms with Gasteiger partial charge in [0.2, 0.25) is 0 Å². The quantitative estimate of drug-likeness (QED) is 0.500. The largest absolute Gasteiger partial charge is 0.465 e. The summed E-state index contributed by atoms with van der Waals surface area (Å²) in [5.41, 5.74) is 5.67. The summed E-state index contributed by atoms with van der Waals surface area (Å²) in [5, 5.41) is 0. The molecule has 0 fully saturated rings. The van der Waals surface area contributed by atoms with Gasteiger partial charge in [-0.1, -0.05) is 27.2 Å². The van der Waals surface area contributed by atoms with Crippen molar-refractivity contribution in [2.24, 2.45) is 17.6 Å². The van der Waals surface area contributed by atoms with E-state index in [0.29, 0.717) is 12.5 Å². The topological polar surface area (TPSA) is 52.3 Å². The summed E-state index contributed by atoms with van der Waals surface area (Å²) in [4.78, 5) is 11.6. The molecule has 0 rings (SSSR count). The van der Waals surface area contributed by atoms with Gasteiger partial charge >= 0.3 is 5.97 Å². The fraction of sp³-hybridized carbons (Fsp3) is 0.929. The van der Waals surface area contributed by atoms with Crippen molar-refractivity contribution < 1.29 is 9.53 Å². The van der Waals surface area contributed by atoms with Crippen LogP contribution in [-0.4, -0.2) is 18.6 Å². The van der Waals surface area contributed by atoms with E-state index < -0.39 is 0 Å². The molecule has 2 unspecified atom stereocenters. The second-order valence-electron chi connectivity index (χ2n) is 5.51. The summed E-state index contributed by atoms with van der Waals surface area (Å²) in [6, 6.07) is 0.226. The molecule has 0 aliphatic carbocycles. The first kappa shape index (κ1) is 16.4. The molecule has 0 bridgehead atoms. The summed E-state index contributed by atoms with van der Waals surface area (Å²) in [5.74, 6) is 0.628. The number of hydrogen-bond donors (Lipinski definition) is 1. The van der Waals surface area contributed by atoms with Gasteiger partial charge in [0.15, 0.2) is 0 Å². The molecule has 0 aromatic heterocycles. The SMILES string of the molecule is CC(C)CCCOC(=O)C(C)CCCC(C)N. The van der Waals surface area contributed by atoms with Crippen molar-refractivity contribution in [3.8, 4) is 0 Å². The molecule has 0 aliphatic rings. The Morgan fingerprint density at radius 2 is 1.71 bits per heavy atom. The summed E-state index contributed by atoms with van der Waals surface area (Å²) in [6.45, 7) is 8.85. The smallest absolute Gasteiger partial charge is 0.308 e. The minimum Gasteiger partial charge on any atom is -0.465 e. The first-order valence-electron chi connectivity index (χ1n) is 6.85. The van der Waals surface area contributed by atoms with Crippen molar-refractivity contribution in [1.82, 2.24) is 0 Å². The maximum absolute atomic E-state index is 11.6. The number of hydrogen-bond acceptors (Lipinski definition) is 3. The zero-order chi connectivity index (χ0) is 13.3. The molecule has 2 N–H and O–H groups in total. The maximum atomic E-state index is 11.6. The van der Waals surface area contributed by atoms with Gasteiger partial charge < -0.3 is 10.5 Å². The van der Waals surface area contributed by atoms with E-state index in [0.717, 1.165) is 32.1 Å². The lowest BCUT2D eigenvalue weighted by Gasteiger charge is -2.12. The minimum absolute atomic E-state index is 0.00722. The predicted octanol–water partition coefficient (Wildman–Crippen LogP) is 3.12. The van der Waals surface area contributed by atoms with Crippen molar-refractivity contribution in [3.05, 3.63) is 0 Å². The van der Waals surface area contributed by atoms with E-state index in [4.69, 9.17) is 10.5 Å². The van der Waals surface area contributed by atoms with Gasteiger partial charge in [-0.2, -0.15) is 0 Å². The van der Waals surface area contributed by atoms with Crippen LogP contribution in [0, 0.1) is 11.8 Å². The van der Waals surface area contributed by atoms with Crippen molar-refractivity contribution in [3.63, 3.8) is 0 Å². The van der Waals surface area contributed by atoms with E-state index in [-0.39, 0.29) is 17.9 Å². The van der Waals surface area contributed by atoms with Crippen LogP contribution in [-0.2, 0) is 9.53 Å². The molecular weight excluding hydrogens is 214 g/mol. The highest BCUT2D eigenvalue weighted by Gasteiger charge is 2.14. The van der Waals surface area contributed by atoms with Gasteiger partial charge in [0.25, 0.3) is 0 Å². The van der Waals surface area contributed by atoms with Gasteiger partial charge in [0, 0.05) is 6.04 Å². The first-order valence-corrected chi connectivity index (χ1v) is 6.85. The second kappa shape index (κ2) is 9.46. The van der Waals surface area contributed by atoms with Gasteiger partial charge in [-0.05, 0) is 38.5 Å². The second-order valence-corrected chi connectivity index (χ2v) is 5.51. The van der Waals surface area contributed by atoms with Crippen molar-refractivity contribution >= 4 is 5.97 Å². The molecule has 0 radical (unpaired) electrons. The zero-order valence-corrected chi connectivity index (χ0v) is 11.9. The summed E-state index contributed by atoms with van der Waals surface area (Å²) < 4.78 is 5.24. The Labute approximate surface area is 106 Å². The molecule has 3 heteroatoms. The van der Waals surface area contributed by atoms with E-state index in [9.17, 15) is 4.79 Å². The Kier molecular flexibility index (Phi) is 9.14. The highest BCUT2D eigenvalue weighted by molar-refractivity contribution is 5.71. The van der Waals surface area contributed by atoms with E-state index in [1.165, 1.54) is 0 Å². The highest BCUT2D eigenvalue weighted by atomic mass is 16.5. The van der Waals surface area contributed by atoms with Crippen LogP contribution >= 0.6 is 0 Å². The van der Waals surface area contributed by atoms with Gasteiger partial charge in [-0.3, -0.25) is 4.79 Å². The Balaban J connectivity index is 3.53. The Morgan fingerprint density at radius 3 is 2.24 bits per heavy atom. The van der Waals surface area contributed by atoms with Gasteiger partial charge in [-0.15, -0.1) is 0 Å². The molecule has 0 saturated heterocycles. The average molecular weight is 243 g/mol. The normalized spacial score (nSPS) is 14.7. The van der Waals surface area contributed by atoms with Gasteiger partial charge in [0.1, 0.15) is 0 Å². The number of carbonyl (C=O) groups is 1. The van der Waals surface area contributed by atoms with Crippen LogP contribution in [0.2, 0.25) is 0 Å². The predicted molar refractivity (Wildman–Crippen MR) is 71.7 cm³/mol. The van der Waals surface area contributed by atoms with E-state index in [2.05, 4.69) is 13.8 Å². The van der Waals surface area contributed by atoms with Crippen molar-refractivity contribution in [2.45, 2.75) is 65.8 Å². The number of ether oxygens (including phenoxy) is 1. The number of carbonyl (C=O) groups excluding carboxylic acids is 1. The molecule has 0 saturated carbocycles. The fourth-order valence-electron chi connectivity index (χ4n) is 1.67. The van der Waals surface area contributed by atoms with Crippen LogP contribution in [0.5, 0.6) is 0 Å². The van der Waals surface area contributed by atoms with Crippen LogP contribution in [0.4, 0.5) is 0 Å². The molecule has 0 aromatic rings. The van der Waals surface area contributed by atoms with Crippen LogP contribution in [0.1, 0.15) is 59.8 Å². The molecule has 0 amide bonds. The van der Waals surface area contributed by atoms with E-state index in [1.807, 2.05) is 13.8 Å². The molecule has 0 spiro atoms. The summed E-state index contributed by atoms with van der Waals surface area (Å²) in [7, 11) is 0. The molecule has 3 nitrogen and oxygen atoms in total. The highest BCUT2D eigenvalue weighted by Crippen LogP contribution is 2.11. The van der Waals surface area contributed by atoms with Crippen molar-refractivity contribution in [2.75, 3.05) is 6.61 Å². The number of nitrogens with two attached hydrogens (primary N) is 1. The van der Waals surface area contributed by atoms with Gasteiger partial charge in [-0.25, -0.2) is 0 Å². The minimum atomic E-state index is -0.0570. The van der Waals surface area contributed by atoms with Crippen LogP contribution in [0.15, 0.2) is 0 Å². The van der Waals surface area contributed by atoms with E-state index >= 15 is 0 Å². The lowest BCUT2D eigenvalue weighted by molar-refractivity contribution is -0.148. The molecule has 0 aromatic carbocycles. The molecule has 2 atom stereocenters. The van der Waals surface area contributed by atoms with Crippen LogP contribution in [0.25, 0.3) is 0 Å². The number of rotatable bonds is 9. The van der Waals surface area contributed by atoms with Crippen LogP contribution in [0.3, 0.4) is 0 Å². The van der Waals surface area contributed by atoms with Gasteiger partial charge in [0.05, 0.1) is 12.5 Å². The summed E-state index contributed by atoms with van der Waals surface area (Å²) >= 11 is 0. The third-order valence-electron chi connectivity index (χ3n) is 2.87. The molecule has 0 heterocycles. The maximum Gasteiger partial charge on any atom is 0.308 e. The molecule has 17 heavy (non-hydrogen) atoms. The third-order valence-corrected chi connectivity index (χ3v) is 2.87. The first-order chi connectivity index (χ1) is 7.93. The van der Waals surface area contributed by atoms with Crippen molar-refractivity contribution in [1.29, 1.82) is 0 Å². The lowest BCUT2D eigenvalue weighted by Crippen LogP contribution is -2.18. The zero-order valence-electron chi connectivity index (χ0n) is 11.9. The molecule has 0 aliphatic heterocycles. The molecular formula is C14H29NO2. The van der Waals surface area contributed by atoms with E-state index in [1.54, 1.807) is 0 Å². The third kappa shape index (κ3) is 10.3. The lowest BCUT2D eigenvalue weighted by atomic mass is 10.0. The standard InChI is InChI=1S/C14H29NO2/c1-11(2)7-6-10-17-14(16)12(3)8-5-9-13(4)15/h11-13H,5-10,15H2,1-4H3. The van der Waals surface area contributed by atoms with Crippen LogP contribution < -0.4 is 5.73 Å². The Hall–Kier alpha value is -0.570. The summed E-state index contributed by atoms with van der Waals surface area (Å²) in [6.07, 6.45) is 4.94. The average Bonchev–Trinajstić information content (AvgIpc) is 2.23. The Bertz CT molecular complexity index is 202. The molecule has 102 valence electrons. The fourth-order valence-corrected chi connectivity index (χ4v) is 1.67.